The minimum absolute atomic E-state index is 0.157. The molecule has 2 aliphatic carbocycles. The molecule has 30 heavy (non-hydrogen) atoms. The van der Waals surface area contributed by atoms with Gasteiger partial charge in [-0.25, -0.2) is 0 Å². The molecule has 0 bridgehead atoms. The predicted octanol–water partition coefficient (Wildman–Crippen LogP) is 5.63. The van der Waals surface area contributed by atoms with Crippen molar-refractivity contribution in [1.82, 2.24) is 5.32 Å². The number of nitrogens with two attached hydrogens (primary N) is 1. The summed E-state index contributed by atoms with van der Waals surface area (Å²) in [6.45, 7) is 10.7. The molecule has 0 aliphatic heterocycles. The van der Waals surface area contributed by atoms with Gasteiger partial charge in [0, 0.05) is 12.0 Å². The molecule has 3 rings (SSSR count). The van der Waals surface area contributed by atoms with Crippen LogP contribution in [0.15, 0.2) is 35.2 Å². The van der Waals surface area contributed by atoms with Gasteiger partial charge in [0.1, 0.15) is 0 Å². The number of furan rings is 1. The Labute approximate surface area is 183 Å². The highest BCUT2D eigenvalue weighted by Gasteiger charge is 2.56. The van der Waals surface area contributed by atoms with Gasteiger partial charge in [-0.05, 0) is 86.8 Å². The molecule has 0 radical (unpaired) electrons. The Hall–Kier alpha value is -1.55. The number of nitrogens with one attached hydrogen (secondary N) is 1. The van der Waals surface area contributed by atoms with Crippen molar-refractivity contribution in [3.63, 3.8) is 0 Å². The molecule has 4 unspecified atom stereocenters. The smallest absolute Gasteiger partial charge is 0.226 e. The predicted molar refractivity (Wildman–Crippen MR) is 123 cm³/mol. The monoisotopic (exact) mass is 414 g/mol. The molecule has 4 atom stereocenters. The van der Waals surface area contributed by atoms with E-state index in [9.17, 15) is 4.79 Å². The summed E-state index contributed by atoms with van der Waals surface area (Å²) in [4.78, 5) is 13.4. The maximum Gasteiger partial charge on any atom is 0.226 e. The summed E-state index contributed by atoms with van der Waals surface area (Å²) in [6.07, 6.45) is 15.7. The highest BCUT2D eigenvalue weighted by molar-refractivity contribution is 5.83. The fourth-order valence-corrected chi connectivity index (χ4v) is 6.53. The molecule has 168 valence electrons. The molecule has 1 amide bonds. The van der Waals surface area contributed by atoms with Crippen molar-refractivity contribution >= 4 is 5.91 Å². The molecule has 1 aromatic heterocycles. The maximum absolute atomic E-state index is 13.4. The molecule has 0 saturated heterocycles. The third-order valence-electron chi connectivity index (χ3n) is 8.26. The second-order valence-corrected chi connectivity index (χ2v) is 10.2. The number of rotatable bonds is 10. The first kappa shape index (κ1) is 23.1. The minimum Gasteiger partial charge on any atom is -0.472 e. The number of carbonyl (C=O) groups excluding carboxylic acids is 1. The zero-order valence-corrected chi connectivity index (χ0v) is 19.2. The van der Waals surface area contributed by atoms with Gasteiger partial charge in [-0.1, -0.05) is 45.3 Å². The standard InChI is InChI=1S/C26H42N2O2/c1-20-9-12-23-25(2,22(20)11-10-21-13-18-30-19-21)14-8-15-26(23,3)24(29)28-17-7-5-4-6-16-27/h13,18-19,22-23H,1,4-12,14-17,27H2,2-3H3,(H,28,29). The number of amides is 1. The summed E-state index contributed by atoms with van der Waals surface area (Å²) >= 11 is 0. The van der Waals surface area contributed by atoms with Gasteiger partial charge < -0.3 is 15.5 Å². The van der Waals surface area contributed by atoms with Crippen LogP contribution in [0.3, 0.4) is 0 Å². The Morgan fingerprint density at radius 3 is 2.80 bits per heavy atom. The zero-order valence-electron chi connectivity index (χ0n) is 19.2. The van der Waals surface area contributed by atoms with Gasteiger partial charge in [-0.3, -0.25) is 4.79 Å². The van der Waals surface area contributed by atoms with Crippen LogP contribution < -0.4 is 11.1 Å². The van der Waals surface area contributed by atoms with Crippen LogP contribution in [-0.4, -0.2) is 19.0 Å². The van der Waals surface area contributed by atoms with Gasteiger partial charge in [-0.2, -0.15) is 0 Å². The number of carbonyl (C=O) groups is 1. The van der Waals surface area contributed by atoms with Gasteiger partial charge in [-0.15, -0.1) is 0 Å². The van der Waals surface area contributed by atoms with E-state index in [0.29, 0.717) is 11.8 Å². The van der Waals surface area contributed by atoms with Crippen LogP contribution in [0.2, 0.25) is 0 Å². The van der Waals surface area contributed by atoms with Crippen LogP contribution >= 0.6 is 0 Å². The fourth-order valence-electron chi connectivity index (χ4n) is 6.53. The molecule has 4 heteroatoms. The van der Waals surface area contributed by atoms with E-state index in [1.807, 2.05) is 6.26 Å². The first-order chi connectivity index (χ1) is 14.4. The Kier molecular flexibility index (Phi) is 7.84. The summed E-state index contributed by atoms with van der Waals surface area (Å²) in [5, 5.41) is 3.30. The van der Waals surface area contributed by atoms with Crippen LogP contribution in [0.1, 0.15) is 83.6 Å². The van der Waals surface area contributed by atoms with E-state index in [4.69, 9.17) is 10.2 Å². The molecule has 1 heterocycles. The molecule has 1 aromatic rings. The first-order valence-electron chi connectivity index (χ1n) is 12.1. The van der Waals surface area contributed by atoms with Crippen molar-refractivity contribution < 1.29 is 9.21 Å². The summed E-state index contributed by atoms with van der Waals surface area (Å²) in [5.74, 6) is 1.18. The highest BCUT2D eigenvalue weighted by atomic mass is 16.3. The quantitative estimate of drug-likeness (QED) is 0.385. The summed E-state index contributed by atoms with van der Waals surface area (Å²) in [5.41, 5.74) is 8.12. The van der Waals surface area contributed by atoms with E-state index >= 15 is 0 Å². The maximum atomic E-state index is 13.4. The van der Waals surface area contributed by atoms with E-state index in [-0.39, 0.29) is 16.7 Å². The van der Waals surface area contributed by atoms with Crippen LogP contribution in [0.4, 0.5) is 0 Å². The van der Waals surface area contributed by atoms with Crippen LogP contribution in [0, 0.1) is 22.7 Å². The highest BCUT2D eigenvalue weighted by Crippen LogP contribution is 2.61. The van der Waals surface area contributed by atoms with Crippen molar-refractivity contribution in [3.8, 4) is 0 Å². The largest absolute Gasteiger partial charge is 0.472 e. The fraction of sp³-hybridized carbons (Fsp3) is 0.731. The van der Waals surface area contributed by atoms with Gasteiger partial charge in [0.15, 0.2) is 0 Å². The molecule has 4 nitrogen and oxygen atoms in total. The Bertz CT molecular complexity index is 698. The SMILES string of the molecule is C=C1CCC2C(C)(C(=O)NCCCCCCN)CCCC2(C)C1CCc1ccoc1. The second kappa shape index (κ2) is 10.2. The van der Waals surface area contributed by atoms with Crippen molar-refractivity contribution in [2.45, 2.75) is 84.5 Å². The number of fused-ring (bicyclic) bond motifs is 1. The van der Waals surface area contributed by atoms with E-state index in [0.717, 1.165) is 77.3 Å². The lowest BCUT2D eigenvalue weighted by Gasteiger charge is -2.58. The van der Waals surface area contributed by atoms with E-state index in [1.54, 1.807) is 6.26 Å². The van der Waals surface area contributed by atoms with Crippen molar-refractivity contribution in [2.24, 2.45) is 28.4 Å². The average molecular weight is 415 g/mol. The minimum atomic E-state index is -0.265. The number of hydrogen-bond donors (Lipinski definition) is 2. The van der Waals surface area contributed by atoms with E-state index in [2.05, 4.69) is 31.8 Å². The molecule has 2 saturated carbocycles. The van der Waals surface area contributed by atoms with Gasteiger partial charge in [0.25, 0.3) is 0 Å². The zero-order chi connectivity index (χ0) is 21.6. The molecule has 0 spiro atoms. The normalized spacial score (nSPS) is 31.4. The van der Waals surface area contributed by atoms with E-state index < -0.39 is 0 Å². The lowest BCUT2D eigenvalue weighted by Crippen LogP contribution is -2.56. The average Bonchev–Trinajstić information content (AvgIpc) is 3.23. The van der Waals surface area contributed by atoms with Gasteiger partial charge in [0.05, 0.1) is 12.5 Å². The molecule has 3 N–H and O–H groups in total. The summed E-state index contributed by atoms with van der Waals surface area (Å²) in [6, 6.07) is 2.07. The molecule has 0 aromatic carbocycles. The third kappa shape index (κ3) is 4.85. The topological polar surface area (TPSA) is 68.3 Å². The number of unbranched alkanes of at least 4 members (excludes halogenated alkanes) is 3. The van der Waals surface area contributed by atoms with Gasteiger partial charge >= 0.3 is 0 Å². The summed E-state index contributed by atoms with van der Waals surface area (Å²) in [7, 11) is 0. The van der Waals surface area contributed by atoms with E-state index in [1.165, 1.54) is 17.6 Å². The van der Waals surface area contributed by atoms with Crippen LogP contribution in [0.25, 0.3) is 0 Å². The Morgan fingerprint density at radius 1 is 1.27 bits per heavy atom. The van der Waals surface area contributed by atoms with Crippen molar-refractivity contribution in [1.29, 1.82) is 0 Å². The van der Waals surface area contributed by atoms with Crippen LogP contribution in [0.5, 0.6) is 0 Å². The lowest BCUT2D eigenvalue weighted by atomic mass is 9.46. The number of hydrogen-bond acceptors (Lipinski definition) is 3. The number of allylic oxidation sites excluding steroid dienone is 1. The van der Waals surface area contributed by atoms with Crippen molar-refractivity contribution in [3.05, 3.63) is 36.3 Å². The second-order valence-electron chi connectivity index (χ2n) is 10.2. The summed E-state index contributed by atoms with van der Waals surface area (Å²) < 4.78 is 5.26. The molecular formula is C26H42N2O2. The molecular weight excluding hydrogens is 372 g/mol. The Morgan fingerprint density at radius 2 is 2.07 bits per heavy atom. The molecule has 2 fully saturated rings. The van der Waals surface area contributed by atoms with Crippen molar-refractivity contribution in [2.75, 3.05) is 13.1 Å². The lowest BCUT2D eigenvalue weighted by molar-refractivity contribution is -0.146. The Balaban J connectivity index is 1.65. The third-order valence-corrected chi connectivity index (χ3v) is 8.26. The van der Waals surface area contributed by atoms with Crippen LogP contribution in [-0.2, 0) is 11.2 Å². The van der Waals surface area contributed by atoms with Gasteiger partial charge in [0.2, 0.25) is 5.91 Å². The first-order valence-corrected chi connectivity index (χ1v) is 12.1. The molecule has 2 aliphatic rings. The number of aryl methyl sites for hydroxylation is 1.